The molecule has 1 atom stereocenters. The molecule has 6 aliphatic rings. The summed E-state index contributed by atoms with van der Waals surface area (Å²) in [6, 6.07) is 74.0. The van der Waals surface area contributed by atoms with Crippen molar-refractivity contribution in [3.8, 4) is 44.9 Å². The van der Waals surface area contributed by atoms with Gasteiger partial charge in [-0.2, -0.15) is 13.7 Å². The van der Waals surface area contributed by atoms with Crippen LogP contribution in [0.4, 0.5) is 5.69 Å². The lowest BCUT2D eigenvalue weighted by Gasteiger charge is -2.37. The Hall–Kier alpha value is -9.25. The lowest BCUT2D eigenvalue weighted by atomic mass is 9.78. The molecule has 0 amide bonds. The zero-order valence-corrected chi connectivity index (χ0v) is 50.2. The van der Waals surface area contributed by atoms with E-state index in [9.17, 15) is 0 Å². The maximum Gasteiger partial charge on any atom is 0.221 e. The molecule has 4 nitrogen and oxygen atoms in total. The van der Waals surface area contributed by atoms with Crippen LogP contribution >= 0.6 is 0 Å². The summed E-state index contributed by atoms with van der Waals surface area (Å²) in [6.07, 6.45) is 9.47. The van der Waals surface area contributed by atoms with Gasteiger partial charge in [0.05, 0.1) is 28.1 Å². The highest BCUT2D eigenvalue weighted by Crippen LogP contribution is 2.53. The highest BCUT2D eigenvalue weighted by Gasteiger charge is 2.41. The number of benzene rings is 9. The van der Waals surface area contributed by atoms with Gasteiger partial charge in [-0.25, -0.2) is 0 Å². The molecule has 1 aliphatic carbocycles. The summed E-state index contributed by atoms with van der Waals surface area (Å²) < 4.78 is 7.29. The van der Waals surface area contributed by atoms with E-state index in [4.69, 9.17) is 0 Å². The van der Waals surface area contributed by atoms with E-state index in [-0.39, 0.29) is 0 Å². The summed E-state index contributed by atoms with van der Waals surface area (Å²) in [4.78, 5) is 2.63. The Kier molecular flexibility index (Phi) is 13.1. The minimum Gasteiger partial charge on any atom is -0.356 e. The van der Waals surface area contributed by atoms with E-state index in [0.717, 1.165) is 26.2 Å². The van der Waals surface area contributed by atoms with E-state index < -0.39 is 0 Å². The second-order valence-corrected chi connectivity index (χ2v) is 24.8. The molecular formula is C81H73N4+3. The van der Waals surface area contributed by atoms with E-state index in [1.807, 2.05) is 0 Å². The molecule has 85 heavy (non-hydrogen) atoms. The Bertz CT molecular complexity index is 4750. The smallest absolute Gasteiger partial charge is 0.221 e. The zero-order chi connectivity index (χ0) is 57.6. The lowest BCUT2D eigenvalue weighted by Crippen LogP contribution is -2.33. The average Bonchev–Trinajstić information content (AvgIpc) is 2.36. The molecule has 1 unspecified atom stereocenters. The molecule has 5 aliphatic heterocycles. The molecule has 9 aromatic carbocycles. The summed E-state index contributed by atoms with van der Waals surface area (Å²) in [6.45, 7) is 19.7. The van der Waals surface area contributed by atoms with Crippen LogP contribution in [0.5, 0.6) is 0 Å². The third-order valence-electron chi connectivity index (χ3n) is 19.3. The molecule has 3 aromatic heterocycles. The number of fused-ring (bicyclic) bond motifs is 17. The van der Waals surface area contributed by atoms with Gasteiger partial charge in [-0.05, 0) is 199 Å². The minimum atomic E-state index is 0.511. The Morgan fingerprint density at radius 1 is 0.471 bits per heavy atom. The predicted molar refractivity (Wildman–Crippen MR) is 352 cm³/mol. The number of para-hydroxylation sites is 2. The largest absolute Gasteiger partial charge is 0.356 e. The molecule has 0 saturated heterocycles. The number of pyridine rings is 3. The first-order valence-corrected chi connectivity index (χ1v) is 30.9. The van der Waals surface area contributed by atoms with Crippen molar-refractivity contribution in [3.63, 3.8) is 0 Å². The Labute approximate surface area is 501 Å². The molecular weight excluding hydrogens is 1030 g/mol. The summed E-state index contributed by atoms with van der Waals surface area (Å²) in [5.74, 6) is 0. The zero-order valence-electron chi connectivity index (χ0n) is 50.2. The van der Waals surface area contributed by atoms with Crippen molar-refractivity contribution in [1.82, 2.24) is 0 Å². The van der Waals surface area contributed by atoms with Gasteiger partial charge in [-0.1, -0.05) is 135 Å². The van der Waals surface area contributed by atoms with E-state index in [0.29, 0.717) is 6.04 Å². The van der Waals surface area contributed by atoms with Crippen molar-refractivity contribution < 1.29 is 13.7 Å². The van der Waals surface area contributed by atoms with Crippen LogP contribution in [0.3, 0.4) is 0 Å². The highest BCUT2D eigenvalue weighted by atomic mass is 15.2. The standard InChI is InChI=1S/C24H20N.C20H19N.C19H18N.C18H16N/c1-16-12-17(2)22-15-25-23(21(22)13-16)11-10-19-8-9-20(14-24(19)25)18-6-4-3-5-7-18;1-12-9-13(2)17-11-21-18-6-4-3-5-14(18)10-15-7-8-16(12)19(17)20(15)21;1-2-5-14-8-9-16-13-20-18-7-4-3-6-15(18)10-11-19(20)17(16)12-14;1-12-9-13(2)17-11-19-8-7-14-5-3-4-6-15(14)18(19)16(17)10-12/h3-14H,15H2,1-2H3;3-6,9-10,20H,7-8,11H2,1-2H3;3-4,6-12H,2,5,13H2,1H3;3-10H,11H2,1-2H3/q+1;;2*+1. The quantitative estimate of drug-likeness (QED) is 0.161. The minimum absolute atomic E-state index is 0.511. The van der Waals surface area contributed by atoms with Crippen LogP contribution in [0.1, 0.15) is 104 Å². The van der Waals surface area contributed by atoms with Gasteiger partial charge in [0.1, 0.15) is 0 Å². The van der Waals surface area contributed by atoms with Crippen molar-refractivity contribution in [3.05, 3.63) is 290 Å². The van der Waals surface area contributed by atoms with Gasteiger partial charge < -0.3 is 4.90 Å². The fraction of sp³-hybridized carbons (Fsp3) is 0.198. The van der Waals surface area contributed by atoms with Crippen molar-refractivity contribution >= 4 is 44.3 Å². The van der Waals surface area contributed by atoms with Gasteiger partial charge in [0.15, 0.2) is 25.8 Å². The van der Waals surface area contributed by atoms with Crippen molar-refractivity contribution in [2.24, 2.45) is 0 Å². The highest BCUT2D eigenvalue weighted by molar-refractivity contribution is 5.94. The summed E-state index contributed by atoms with van der Waals surface area (Å²) in [7, 11) is 0. The average molecular weight is 1100 g/mol. The molecule has 4 heteroatoms. The van der Waals surface area contributed by atoms with Crippen LogP contribution in [0.25, 0.3) is 83.6 Å². The first-order chi connectivity index (χ1) is 41.5. The number of rotatable bonds is 3. The van der Waals surface area contributed by atoms with Gasteiger partial charge in [-0.15, -0.1) is 0 Å². The number of hydrogen-bond acceptors (Lipinski definition) is 1. The molecule has 0 fully saturated rings. The number of aryl methyl sites for hydroxylation is 7. The van der Waals surface area contributed by atoms with Crippen molar-refractivity contribution in [2.75, 3.05) is 4.90 Å². The summed E-state index contributed by atoms with van der Waals surface area (Å²) in [5.41, 5.74) is 37.0. The van der Waals surface area contributed by atoms with Crippen LogP contribution in [0.2, 0.25) is 0 Å². The van der Waals surface area contributed by atoms with Crippen LogP contribution in [-0.4, -0.2) is 0 Å². The summed E-state index contributed by atoms with van der Waals surface area (Å²) >= 11 is 0. The van der Waals surface area contributed by atoms with Gasteiger partial charge >= 0.3 is 0 Å². The predicted octanol–water partition coefficient (Wildman–Crippen LogP) is 18.0. The number of hydrogen-bond donors (Lipinski definition) is 0. The Morgan fingerprint density at radius 3 is 1.94 bits per heavy atom. The SMILES string of the molecule is CCCc1ccc2c(c1)-c1ccc3ccccc3[n+]1C2.Cc1cc(C)c2c(c1)-c1c3ccccc3cc[n+]1C2.Cc1cc(C)c2c(c1)-c1ccc3ccc(-c4ccccc4)cc3[n+]1C2.Cc1cc(C)c2c3c1CCC1=Cc4ccccc4N(C2)C13. The molecule has 0 N–H and O–H groups in total. The number of anilines is 1. The molecule has 8 heterocycles. The molecule has 414 valence electrons. The second kappa shape index (κ2) is 21.1. The molecule has 12 aromatic rings. The molecule has 0 radical (unpaired) electrons. The maximum atomic E-state index is 2.63. The van der Waals surface area contributed by atoms with Gasteiger partial charge in [0, 0.05) is 70.0 Å². The fourth-order valence-electron chi connectivity index (χ4n) is 15.3. The van der Waals surface area contributed by atoms with Gasteiger partial charge in [0.25, 0.3) is 0 Å². The van der Waals surface area contributed by atoms with Crippen LogP contribution < -0.4 is 18.6 Å². The van der Waals surface area contributed by atoms with E-state index in [1.165, 1.54) is 170 Å². The molecule has 0 saturated carbocycles. The van der Waals surface area contributed by atoms with Crippen molar-refractivity contribution in [2.45, 2.75) is 106 Å². The molecule has 0 bridgehead atoms. The number of nitrogens with zero attached hydrogens (tertiary/aromatic N) is 4. The van der Waals surface area contributed by atoms with E-state index >= 15 is 0 Å². The Balaban J connectivity index is 0.0000000966. The lowest BCUT2D eigenvalue weighted by molar-refractivity contribution is -0.671. The third-order valence-corrected chi connectivity index (χ3v) is 19.3. The molecule has 0 spiro atoms. The fourth-order valence-corrected chi connectivity index (χ4v) is 15.3. The Morgan fingerprint density at radius 2 is 1.13 bits per heavy atom. The first kappa shape index (κ1) is 52.5. The topological polar surface area (TPSA) is 14.9 Å². The van der Waals surface area contributed by atoms with Gasteiger partial charge in [0.2, 0.25) is 28.1 Å². The molecule has 18 rings (SSSR count). The van der Waals surface area contributed by atoms with Crippen LogP contribution in [0, 0.1) is 41.5 Å². The number of aromatic nitrogens is 3. The monoisotopic (exact) mass is 1100 g/mol. The maximum absolute atomic E-state index is 2.63. The first-order valence-electron chi connectivity index (χ1n) is 30.9. The van der Waals surface area contributed by atoms with Crippen molar-refractivity contribution in [1.29, 1.82) is 0 Å². The second-order valence-electron chi connectivity index (χ2n) is 24.8. The van der Waals surface area contributed by atoms with E-state index in [1.54, 1.807) is 22.3 Å². The third kappa shape index (κ3) is 9.08. The van der Waals surface area contributed by atoms with Crippen LogP contribution in [0.15, 0.2) is 212 Å². The van der Waals surface area contributed by atoms with Crippen LogP contribution in [-0.2, 0) is 39.0 Å². The van der Waals surface area contributed by atoms with Gasteiger partial charge in [-0.3, -0.25) is 0 Å². The summed E-state index contributed by atoms with van der Waals surface area (Å²) in [5, 5.41) is 5.29. The normalized spacial score (nSPS) is 14.5. The van der Waals surface area contributed by atoms with E-state index in [2.05, 4.69) is 280 Å².